The first-order valence-corrected chi connectivity index (χ1v) is 13.9. The lowest BCUT2D eigenvalue weighted by molar-refractivity contribution is -0.143. The number of anilines is 2. The van der Waals surface area contributed by atoms with E-state index in [-0.39, 0.29) is 18.1 Å². The standard InChI is InChI=1S/C30H30N2O9S/c1-17(2)27(30(35)36)32(42(37)38)22-14-10-20(11-15-22)19-8-12-21(13-9-19)31-29(34)28-18(3)26-23(40-16-25(33)39-4)6-5-7-24(26)41-28/h5-15,17,27H,16H2,1-4H3,(H,31,34)(H,35,36)(H,37,38)/p-1. The van der Waals surface area contributed by atoms with Crippen LogP contribution in [0.5, 0.6) is 5.75 Å². The predicted molar refractivity (Wildman–Crippen MR) is 156 cm³/mol. The summed E-state index contributed by atoms with van der Waals surface area (Å²) in [5.74, 6) is -2.21. The van der Waals surface area contributed by atoms with Crippen LogP contribution in [-0.2, 0) is 25.6 Å². The highest BCUT2D eigenvalue weighted by Gasteiger charge is 2.30. The van der Waals surface area contributed by atoms with Crippen molar-refractivity contribution in [3.05, 3.63) is 78.1 Å². The number of aryl methyl sites for hydroxylation is 1. The maximum atomic E-state index is 13.1. The van der Waals surface area contributed by atoms with Gasteiger partial charge in [0.1, 0.15) is 17.4 Å². The van der Waals surface area contributed by atoms with Crippen LogP contribution >= 0.6 is 0 Å². The van der Waals surface area contributed by atoms with E-state index in [1.165, 1.54) is 7.11 Å². The average Bonchev–Trinajstić information content (AvgIpc) is 3.31. The summed E-state index contributed by atoms with van der Waals surface area (Å²) in [7, 11) is 1.26. The van der Waals surface area contributed by atoms with E-state index in [1.54, 1.807) is 87.5 Å². The molecule has 1 amide bonds. The summed E-state index contributed by atoms with van der Waals surface area (Å²) in [5, 5.41) is 12.9. The molecule has 1 aromatic heterocycles. The van der Waals surface area contributed by atoms with Gasteiger partial charge in [0.05, 0.1) is 12.5 Å². The molecule has 0 saturated heterocycles. The van der Waals surface area contributed by atoms with E-state index >= 15 is 0 Å². The number of benzene rings is 3. The minimum absolute atomic E-state index is 0.0974. The summed E-state index contributed by atoms with van der Waals surface area (Å²) in [6, 6.07) is 17.3. The highest BCUT2D eigenvalue weighted by molar-refractivity contribution is 7.80. The van der Waals surface area contributed by atoms with E-state index in [1.807, 2.05) is 0 Å². The fourth-order valence-corrected chi connectivity index (χ4v) is 5.34. The van der Waals surface area contributed by atoms with Crippen molar-refractivity contribution in [2.24, 2.45) is 5.92 Å². The van der Waals surface area contributed by atoms with E-state index in [0.717, 1.165) is 15.4 Å². The molecule has 2 unspecified atom stereocenters. The van der Waals surface area contributed by atoms with Gasteiger partial charge in [0.25, 0.3) is 5.91 Å². The van der Waals surface area contributed by atoms with Gasteiger partial charge in [-0.3, -0.25) is 13.3 Å². The molecule has 0 aliphatic heterocycles. The van der Waals surface area contributed by atoms with Crippen molar-refractivity contribution < 1.29 is 42.1 Å². The molecule has 0 fully saturated rings. The van der Waals surface area contributed by atoms with Gasteiger partial charge < -0.3 is 28.9 Å². The van der Waals surface area contributed by atoms with Gasteiger partial charge in [-0.2, -0.15) is 0 Å². The van der Waals surface area contributed by atoms with Gasteiger partial charge in [-0.05, 0) is 60.4 Å². The normalized spacial score (nSPS) is 12.5. The van der Waals surface area contributed by atoms with Crippen LogP contribution in [-0.4, -0.2) is 51.5 Å². The lowest BCUT2D eigenvalue weighted by Gasteiger charge is -2.34. The summed E-state index contributed by atoms with van der Waals surface area (Å²) in [6.07, 6.45) is 0. The van der Waals surface area contributed by atoms with E-state index in [9.17, 15) is 28.3 Å². The molecule has 42 heavy (non-hydrogen) atoms. The number of ether oxygens (including phenoxy) is 2. The first-order chi connectivity index (χ1) is 20.0. The number of carbonyl (C=O) groups is 3. The van der Waals surface area contributed by atoms with Crippen LogP contribution in [0.15, 0.2) is 71.1 Å². The molecule has 0 spiro atoms. The summed E-state index contributed by atoms with van der Waals surface area (Å²) >= 11 is -2.78. The molecule has 0 aliphatic rings. The van der Waals surface area contributed by atoms with E-state index < -0.39 is 41.1 Å². The molecule has 1 heterocycles. The summed E-state index contributed by atoms with van der Waals surface area (Å²) < 4.78 is 40.6. The number of carbonyl (C=O) groups excluding carboxylic acids is 2. The van der Waals surface area contributed by atoms with E-state index in [4.69, 9.17) is 9.15 Å². The zero-order valence-corrected chi connectivity index (χ0v) is 24.1. The maximum absolute atomic E-state index is 13.1. The number of carboxylic acid groups (broad SMARTS) is 1. The van der Waals surface area contributed by atoms with Gasteiger partial charge in [-0.15, -0.1) is 0 Å². The van der Waals surface area contributed by atoms with Gasteiger partial charge >= 0.3 is 11.9 Å². The molecule has 4 rings (SSSR count). The van der Waals surface area contributed by atoms with Crippen molar-refractivity contribution in [2.45, 2.75) is 26.8 Å². The molecule has 0 radical (unpaired) electrons. The Morgan fingerprint density at radius 2 is 1.64 bits per heavy atom. The summed E-state index contributed by atoms with van der Waals surface area (Å²) in [6.45, 7) is 4.72. The van der Waals surface area contributed by atoms with Crippen molar-refractivity contribution in [3.63, 3.8) is 0 Å². The minimum atomic E-state index is -2.78. The molecule has 4 aromatic rings. The second-order valence-corrected chi connectivity index (χ2v) is 10.5. The number of methoxy groups -OCH3 is 1. The van der Waals surface area contributed by atoms with Crippen molar-refractivity contribution >= 4 is 51.5 Å². The van der Waals surface area contributed by atoms with Crippen molar-refractivity contribution in [2.75, 3.05) is 23.3 Å². The summed E-state index contributed by atoms with van der Waals surface area (Å²) in [5.41, 5.74) is 3.28. The highest BCUT2D eigenvalue weighted by Crippen LogP contribution is 2.34. The SMILES string of the molecule is COC(=O)COc1cccc2oc(C(=O)Nc3ccc(-c4ccc(N(C(C(=O)O)C(C)C)S(=O)[O-])cc4)cc3)c(C)c12. The average molecular weight is 594 g/mol. The number of carboxylic acids is 1. The third-order valence-electron chi connectivity index (χ3n) is 6.59. The number of hydrogen-bond acceptors (Lipinski definition) is 8. The fraction of sp³-hybridized carbons (Fsp3) is 0.233. The first-order valence-electron chi connectivity index (χ1n) is 12.9. The number of rotatable bonds is 11. The Hall–Kier alpha value is -4.68. The third kappa shape index (κ3) is 6.45. The number of aliphatic carboxylic acids is 1. The van der Waals surface area contributed by atoms with Crippen molar-refractivity contribution in [1.29, 1.82) is 0 Å². The van der Waals surface area contributed by atoms with Crippen molar-refractivity contribution in [1.82, 2.24) is 0 Å². The zero-order valence-electron chi connectivity index (χ0n) is 23.3. The Labute approximate surface area is 244 Å². The topological polar surface area (TPSA) is 158 Å². The van der Waals surface area contributed by atoms with Crippen molar-refractivity contribution in [3.8, 4) is 16.9 Å². The Balaban J connectivity index is 1.50. The second-order valence-electron chi connectivity index (χ2n) is 9.70. The zero-order chi connectivity index (χ0) is 30.6. The molecule has 3 aromatic carbocycles. The predicted octanol–water partition coefficient (Wildman–Crippen LogP) is 4.92. The molecular weight excluding hydrogens is 564 g/mol. The van der Waals surface area contributed by atoms with Crippen LogP contribution in [0.25, 0.3) is 22.1 Å². The van der Waals surface area contributed by atoms with Crippen LogP contribution in [0.1, 0.15) is 30.0 Å². The first kappa shape index (κ1) is 30.3. The molecule has 0 aliphatic carbocycles. The molecule has 0 bridgehead atoms. The van der Waals surface area contributed by atoms with E-state index in [2.05, 4.69) is 10.1 Å². The smallest absolute Gasteiger partial charge is 0.343 e. The van der Waals surface area contributed by atoms with Crippen LogP contribution < -0.4 is 14.4 Å². The van der Waals surface area contributed by atoms with Crippen LogP contribution in [0.4, 0.5) is 11.4 Å². The van der Waals surface area contributed by atoms with Gasteiger partial charge in [-0.1, -0.05) is 44.2 Å². The maximum Gasteiger partial charge on any atom is 0.343 e. The van der Waals surface area contributed by atoms with Crippen LogP contribution in [0.3, 0.4) is 0 Å². The summed E-state index contributed by atoms with van der Waals surface area (Å²) in [4.78, 5) is 36.3. The second kappa shape index (κ2) is 12.9. The fourth-order valence-electron chi connectivity index (χ4n) is 4.53. The van der Waals surface area contributed by atoms with Crippen LogP contribution in [0.2, 0.25) is 0 Å². The lowest BCUT2D eigenvalue weighted by atomic mass is 10.0. The quantitative estimate of drug-likeness (QED) is 0.182. The van der Waals surface area contributed by atoms with Crippen LogP contribution in [0, 0.1) is 12.8 Å². The largest absolute Gasteiger partial charge is 0.755 e. The molecular formula is C30H29N2O9S-. The van der Waals surface area contributed by atoms with Gasteiger partial charge in [0.2, 0.25) is 0 Å². The number of amides is 1. The molecule has 11 nitrogen and oxygen atoms in total. The number of furan rings is 1. The van der Waals surface area contributed by atoms with Gasteiger partial charge in [0, 0.05) is 28.2 Å². The third-order valence-corrected chi connectivity index (χ3v) is 7.35. The molecule has 2 N–H and O–H groups in total. The molecule has 0 saturated carbocycles. The monoisotopic (exact) mass is 593 g/mol. The Kier molecular flexibility index (Phi) is 9.28. The van der Waals surface area contributed by atoms with Gasteiger partial charge in [0.15, 0.2) is 12.4 Å². The number of fused-ring (bicyclic) bond motifs is 1. The molecule has 220 valence electrons. The Morgan fingerprint density at radius 3 is 2.19 bits per heavy atom. The van der Waals surface area contributed by atoms with E-state index in [0.29, 0.717) is 28.0 Å². The van der Waals surface area contributed by atoms with Gasteiger partial charge in [-0.25, -0.2) is 9.59 Å². The lowest BCUT2D eigenvalue weighted by Crippen LogP contribution is -2.45. The number of nitrogens with zero attached hydrogens (tertiary/aromatic N) is 1. The number of hydrogen-bond donors (Lipinski definition) is 2. The Bertz CT molecular complexity index is 1630. The highest BCUT2D eigenvalue weighted by atomic mass is 32.2. The number of nitrogens with one attached hydrogen (secondary N) is 1. The molecule has 12 heteroatoms. The molecule has 2 atom stereocenters. The Morgan fingerprint density at radius 1 is 1.02 bits per heavy atom. The number of esters is 1. The minimum Gasteiger partial charge on any atom is -0.755 e.